The smallest absolute Gasteiger partial charge is 0.368 e. The van der Waals surface area contributed by atoms with Crippen LogP contribution in [0.15, 0.2) is 54.7 Å². The van der Waals surface area contributed by atoms with Crippen molar-refractivity contribution in [1.29, 1.82) is 0 Å². The molecule has 3 aromatic rings. The van der Waals surface area contributed by atoms with E-state index in [9.17, 15) is 22.8 Å². The zero-order valence-electron chi connectivity index (χ0n) is 17.7. The molecule has 0 bridgehead atoms. The number of nitrogens with one attached hydrogen (secondary N) is 3. The number of hydrogen-bond acceptors (Lipinski definition) is 4. The number of halogens is 4. The van der Waals surface area contributed by atoms with Gasteiger partial charge in [0.05, 0.1) is 10.6 Å². The van der Waals surface area contributed by atoms with Crippen molar-refractivity contribution < 1.29 is 22.8 Å². The monoisotopic (exact) mass is 492 g/mol. The molecule has 34 heavy (non-hydrogen) atoms. The summed E-state index contributed by atoms with van der Waals surface area (Å²) in [4.78, 5) is 28.5. The molecular formula is C22H20ClF3N6O2. The predicted octanol–water partition coefficient (Wildman–Crippen LogP) is 4.69. The van der Waals surface area contributed by atoms with Crippen LogP contribution in [0.1, 0.15) is 16.1 Å². The van der Waals surface area contributed by atoms with Crippen LogP contribution < -0.4 is 15.5 Å². The summed E-state index contributed by atoms with van der Waals surface area (Å²) < 4.78 is 39.0. The topological polar surface area (TPSA) is 93.4 Å². The van der Waals surface area contributed by atoms with Gasteiger partial charge in [-0.1, -0.05) is 11.6 Å². The normalized spacial score (nSPS) is 14.1. The molecule has 1 aliphatic rings. The van der Waals surface area contributed by atoms with E-state index in [4.69, 9.17) is 11.6 Å². The van der Waals surface area contributed by atoms with Crippen molar-refractivity contribution in [2.75, 3.05) is 41.7 Å². The Morgan fingerprint density at radius 2 is 1.59 bits per heavy atom. The first-order chi connectivity index (χ1) is 16.2. The van der Waals surface area contributed by atoms with Gasteiger partial charge < -0.3 is 20.4 Å². The molecule has 8 nitrogen and oxygen atoms in total. The third-order valence-electron chi connectivity index (χ3n) is 5.32. The Hall–Kier alpha value is -3.73. The molecule has 1 aromatic heterocycles. The highest BCUT2D eigenvalue weighted by Crippen LogP contribution is 2.36. The Labute approximate surface area is 197 Å². The molecule has 1 fully saturated rings. The molecule has 2 heterocycles. The van der Waals surface area contributed by atoms with Crippen LogP contribution in [-0.4, -0.2) is 53.2 Å². The number of alkyl halides is 3. The van der Waals surface area contributed by atoms with Crippen LogP contribution in [0.25, 0.3) is 0 Å². The molecular weight excluding hydrogens is 473 g/mol. The van der Waals surface area contributed by atoms with Gasteiger partial charge in [-0.15, -0.1) is 0 Å². The van der Waals surface area contributed by atoms with Crippen molar-refractivity contribution in [1.82, 2.24) is 15.1 Å². The van der Waals surface area contributed by atoms with E-state index < -0.39 is 22.8 Å². The average Bonchev–Trinajstić information content (AvgIpc) is 3.35. The van der Waals surface area contributed by atoms with Crippen LogP contribution in [0.3, 0.4) is 0 Å². The summed E-state index contributed by atoms with van der Waals surface area (Å²) in [6, 6.07) is 11.1. The Morgan fingerprint density at radius 1 is 0.941 bits per heavy atom. The number of benzene rings is 2. The number of carbonyl (C=O) groups is 2. The van der Waals surface area contributed by atoms with E-state index in [0.29, 0.717) is 37.6 Å². The summed E-state index contributed by atoms with van der Waals surface area (Å²) in [5.74, 6) is -0.0919. The second-order valence-corrected chi connectivity index (χ2v) is 7.98. The zero-order valence-corrected chi connectivity index (χ0v) is 18.5. The fourth-order valence-corrected chi connectivity index (χ4v) is 3.81. The lowest BCUT2D eigenvalue weighted by Crippen LogP contribution is -2.48. The van der Waals surface area contributed by atoms with E-state index in [1.807, 2.05) is 12.1 Å². The van der Waals surface area contributed by atoms with E-state index in [0.717, 1.165) is 17.8 Å². The lowest BCUT2D eigenvalue weighted by molar-refractivity contribution is -0.137. The zero-order chi connectivity index (χ0) is 24.3. The molecule has 0 radical (unpaired) electrons. The van der Waals surface area contributed by atoms with Crippen molar-refractivity contribution >= 4 is 40.6 Å². The number of anilines is 3. The van der Waals surface area contributed by atoms with Crippen LogP contribution in [0.4, 0.5) is 35.0 Å². The second kappa shape index (κ2) is 9.64. The number of piperazine rings is 1. The van der Waals surface area contributed by atoms with E-state index >= 15 is 0 Å². The number of carbonyl (C=O) groups excluding carboxylic acids is 2. The van der Waals surface area contributed by atoms with Gasteiger partial charge in [-0.2, -0.15) is 18.3 Å². The van der Waals surface area contributed by atoms with Gasteiger partial charge in [-0.25, -0.2) is 4.79 Å². The van der Waals surface area contributed by atoms with Crippen molar-refractivity contribution in [3.8, 4) is 0 Å². The highest BCUT2D eigenvalue weighted by atomic mass is 35.5. The lowest BCUT2D eigenvalue weighted by atomic mass is 10.2. The van der Waals surface area contributed by atoms with Crippen LogP contribution in [0, 0.1) is 0 Å². The number of aromatic nitrogens is 2. The summed E-state index contributed by atoms with van der Waals surface area (Å²) in [7, 11) is 0. The molecule has 3 amide bonds. The first-order valence-electron chi connectivity index (χ1n) is 10.3. The predicted molar refractivity (Wildman–Crippen MR) is 122 cm³/mol. The maximum atomic E-state index is 13.0. The number of H-pyrrole nitrogens is 1. The van der Waals surface area contributed by atoms with Crippen molar-refractivity contribution in [2.24, 2.45) is 0 Å². The molecule has 4 rings (SSSR count). The van der Waals surface area contributed by atoms with E-state index in [1.165, 1.54) is 12.3 Å². The standard InChI is InChI=1S/C22H20ClF3N6O2/c23-18-6-3-15(13-17(18)22(24,25)26)29-21(34)28-14-1-4-16(5-2-14)31-9-11-32(12-10-31)20(33)19-7-8-27-30-19/h1-8,13H,9-12H2,(H,27,30)(H2,28,29,34). The molecule has 12 heteroatoms. The molecule has 0 spiro atoms. The summed E-state index contributed by atoms with van der Waals surface area (Å²) in [6.07, 6.45) is -3.09. The van der Waals surface area contributed by atoms with E-state index in [2.05, 4.69) is 25.7 Å². The van der Waals surface area contributed by atoms with Gasteiger partial charge in [-0.3, -0.25) is 9.89 Å². The minimum absolute atomic E-state index is 0.0339. The molecule has 178 valence electrons. The molecule has 0 aliphatic carbocycles. The molecule has 3 N–H and O–H groups in total. The lowest BCUT2D eigenvalue weighted by Gasteiger charge is -2.36. The maximum Gasteiger partial charge on any atom is 0.417 e. The van der Waals surface area contributed by atoms with Crippen LogP contribution in [0.5, 0.6) is 0 Å². The summed E-state index contributed by atoms with van der Waals surface area (Å²) >= 11 is 5.60. The van der Waals surface area contributed by atoms with E-state index in [-0.39, 0.29) is 11.6 Å². The molecule has 0 unspecified atom stereocenters. The molecule has 2 aromatic carbocycles. The molecule has 1 aliphatic heterocycles. The number of urea groups is 1. The number of aromatic amines is 1. The largest absolute Gasteiger partial charge is 0.417 e. The van der Waals surface area contributed by atoms with E-state index in [1.54, 1.807) is 23.1 Å². The highest BCUT2D eigenvalue weighted by molar-refractivity contribution is 6.31. The minimum Gasteiger partial charge on any atom is -0.368 e. The third-order valence-corrected chi connectivity index (χ3v) is 5.65. The number of amides is 3. The van der Waals surface area contributed by atoms with Gasteiger partial charge in [0.15, 0.2) is 0 Å². The minimum atomic E-state index is -4.63. The second-order valence-electron chi connectivity index (χ2n) is 7.57. The Morgan fingerprint density at radius 3 is 2.21 bits per heavy atom. The SMILES string of the molecule is O=C(Nc1ccc(N2CCN(C(=O)c3ccn[nH]3)CC2)cc1)Nc1ccc(Cl)c(C(F)(F)F)c1. The van der Waals surface area contributed by atoms with Crippen molar-refractivity contribution in [3.05, 3.63) is 71.0 Å². The Balaban J connectivity index is 1.31. The third kappa shape index (κ3) is 5.42. The summed E-state index contributed by atoms with van der Waals surface area (Å²) in [5, 5.41) is 11.0. The molecule has 1 saturated heterocycles. The van der Waals surface area contributed by atoms with Gasteiger partial charge in [-0.05, 0) is 48.5 Å². The average molecular weight is 493 g/mol. The number of hydrogen-bond donors (Lipinski definition) is 3. The fourth-order valence-electron chi connectivity index (χ4n) is 3.58. The van der Waals surface area contributed by atoms with Crippen LogP contribution in [-0.2, 0) is 6.18 Å². The van der Waals surface area contributed by atoms with Gasteiger partial charge in [0.25, 0.3) is 5.91 Å². The summed E-state index contributed by atoms with van der Waals surface area (Å²) in [5.41, 5.74) is 0.790. The van der Waals surface area contributed by atoms with Crippen LogP contribution in [0.2, 0.25) is 5.02 Å². The highest BCUT2D eigenvalue weighted by Gasteiger charge is 2.33. The Bertz CT molecular complexity index is 1160. The van der Waals surface area contributed by atoms with Crippen molar-refractivity contribution in [2.45, 2.75) is 6.18 Å². The molecule has 0 saturated carbocycles. The first-order valence-corrected chi connectivity index (χ1v) is 10.7. The maximum absolute atomic E-state index is 13.0. The van der Waals surface area contributed by atoms with Crippen molar-refractivity contribution in [3.63, 3.8) is 0 Å². The van der Waals surface area contributed by atoms with Crippen LogP contribution >= 0.6 is 11.6 Å². The van der Waals surface area contributed by atoms with Gasteiger partial charge in [0.1, 0.15) is 5.69 Å². The fraction of sp³-hybridized carbons (Fsp3) is 0.227. The number of rotatable bonds is 4. The summed E-state index contributed by atoms with van der Waals surface area (Å²) in [6.45, 7) is 2.40. The first kappa shape index (κ1) is 23.4. The molecule has 0 atom stereocenters. The van der Waals surface area contributed by atoms with Gasteiger partial charge in [0, 0.05) is 49.4 Å². The Kier molecular flexibility index (Phi) is 6.64. The van der Waals surface area contributed by atoms with Gasteiger partial charge >= 0.3 is 12.2 Å². The quantitative estimate of drug-likeness (QED) is 0.492. The number of nitrogens with zero attached hydrogens (tertiary/aromatic N) is 3. The van der Waals surface area contributed by atoms with Gasteiger partial charge in [0.2, 0.25) is 0 Å².